The van der Waals surface area contributed by atoms with Crippen LogP contribution in [0.25, 0.3) is 0 Å². The zero-order valence-corrected chi connectivity index (χ0v) is 18.0. The van der Waals surface area contributed by atoms with Crippen molar-refractivity contribution in [3.8, 4) is 5.75 Å². The van der Waals surface area contributed by atoms with Crippen LogP contribution in [0.2, 0.25) is 0 Å². The minimum absolute atomic E-state index is 0.631. The molecule has 0 aliphatic carbocycles. The Kier molecular flexibility index (Phi) is 12.6. The summed E-state index contributed by atoms with van der Waals surface area (Å²) in [7, 11) is 0. The summed E-state index contributed by atoms with van der Waals surface area (Å²) in [6, 6.07) is 6.53. The summed E-state index contributed by atoms with van der Waals surface area (Å²) in [5.74, 6) is 1.65. The van der Waals surface area contributed by atoms with Gasteiger partial charge in [0.15, 0.2) is 0 Å². The van der Waals surface area contributed by atoms with Crippen LogP contribution in [0.1, 0.15) is 71.3 Å². The monoisotopic (exact) mass is 445 g/mol. The van der Waals surface area contributed by atoms with Crippen molar-refractivity contribution in [1.29, 1.82) is 0 Å². The number of ether oxygens (including phenoxy) is 1. The van der Waals surface area contributed by atoms with Crippen LogP contribution in [0.15, 0.2) is 18.2 Å². The van der Waals surface area contributed by atoms with Crippen LogP contribution in [0, 0.1) is 9.49 Å². The molecular formula is C21H36INO. The SMILES string of the molecule is CCCCNCCCCCC(C)COc1ccc(CCC)c(I)c1. The maximum absolute atomic E-state index is 5.99. The van der Waals surface area contributed by atoms with Gasteiger partial charge >= 0.3 is 0 Å². The summed E-state index contributed by atoms with van der Waals surface area (Å²) in [5.41, 5.74) is 1.44. The first-order chi connectivity index (χ1) is 11.7. The first kappa shape index (κ1) is 21.8. The van der Waals surface area contributed by atoms with Crippen molar-refractivity contribution in [3.05, 3.63) is 27.3 Å². The Labute approximate surface area is 163 Å². The Morgan fingerprint density at radius 1 is 1.04 bits per heavy atom. The number of halogens is 1. The second-order valence-corrected chi connectivity index (χ2v) is 8.03. The fraction of sp³-hybridized carbons (Fsp3) is 0.714. The van der Waals surface area contributed by atoms with Crippen LogP contribution in [0.4, 0.5) is 0 Å². The van der Waals surface area contributed by atoms with E-state index in [1.165, 1.54) is 67.2 Å². The molecule has 1 N–H and O–H groups in total. The highest BCUT2D eigenvalue weighted by molar-refractivity contribution is 14.1. The summed E-state index contributed by atoms with van der Waals surface area (Å²) in [5, 5.41) is 3.51. The van der Waals surface area contributed by atoms with Crippen molar-refractivity contribution >= 4 is 22.6 Å². The van der Waals surface area contributed by atoms with Crippen LogP contribution in [-0.4, -0.2) is 19.7 Å². The number of benzene rings is 1. The van der Waals surface area contributed by atoms with Gasteiger partial charge < -0.3 is 10.1 Å². The summed E-state index contributed by atoms with van der Waals surface area (Å²) < 4.78 is 7.32. The molecule has 1 unspecified atom stereocenters. The molecule has 0 aromatic heterocycles. The van der Waals surface area contributed by atoms with E-state index in [1.54, 1.807) is 0 Å². The lowest BCUT2D eigenvalue weighted by atomic mass is 10.0. The van der Waals surface area contributed by atoms with Crippen LogP contribution >= 0.6 is 22.6 Å². The molecule has 0 amide bonds. The fourth-order valence-electron chi connectivity index (χ4n) is 2.76. The number of rotatable bonds is 14. The molecule has 0 saturated carbocycles. The molecule has 1 atom stereocenters. The Balaban J connectivity index is 2.11. The lowest BCUT2D eigenvalue weighted by Gasteiger charge is -2.14. The van der Waals surface area contributed by atoms with E-state index in [-0.39, 0.29) is 0 Å². The quantitative estimate of drug-likeness (QED) is 0.272. The molecule has 138 valence electrons. The van der Waals surface area contributed by atoms with Gasteiger partial charge in [-0.05, 0) is 85.0 Å². The predicted octanol–water partition coefficient (Wildman–Crippen LogP) is 6.21. The van der Waals surface area contributed by atoms with Crippen molar-refractivity contribution in [3.63, 3.8) is 0 Å². The van der Waals surface area contributed by atoms with Gasteiger partial charge in [-0.25, -0.2) is 0 Å². The van der Waals surface area contributed by atoms with E-state index in [0.29, 0.717) is 5.92 Å². The number of hydrogen-bond donors (Lipinski definition) is 1. The van der Waals surface area contributed by atoms with E-state index in [0.717, 1.165) is 18.8 Å². The predicted molar refractivity (Wildman–Crippen MR) is 114 cm³/mol. The maximum atomic E-state index is 5.99. The molecule has 0 saturated heterocycles. The molecule has 0 fully saturated rings. The highest BCUT2D eigenvalue weighted by Crippen LogP contribution is 2.22. The van der Waals surface area contributed by atoms with E-state index in [1.807, 2.05) is 0 Å². The molecule has 2 nitrogen and oxygen atoms in total. The molecule has 0 heterocycles. The van der Waals surface area contributed by atoms with Gasteiger partial charge in [-0.3, -0.25) is 0 Å². The van der Waals surface area contributed by atoms with Gasteiger partial charge in [-0.2, -0.15) is 0 Å². The van der Waals surface area contributed by atoms with Crippen LogP contribution in [0.3, 0.4) is 0 Å². The van der Waals surface area contributed by atoms with E-state index < -0.39 is 0 Å². The average Bonchev–Trinajstić information content (AvgIpc) is 2.57. The summed E-state index contributed by atoms with van der Waals surface area (Å²) >= 11 is 2.42. The Morgan fingerprint density at radius 3 is 2.54 bits per heavy atom. The molecule has 3 heteroatoms. The summed E-state index contributed by atoms with van der Waals surface area (Å²) in [6.07, 6.45) is 10.1. The van der Waals surface area contributed by atoms with Gasteiger partial charge in [0, 0.05) is 3.57 Å². The van der Waals surface area contributed by atoms with Gasteiger partial charge in [0.2, 0.25) is 0 Å². The fourth-order valence-corrected chi connectivity index (χ4v) is 3.51. The molecule has 0 aliphatic rings. The summed E-state index contributed by atoms with van der Waals surface area (Å²) in [6.45, 7) is 9.95. The van der Waals surface area contributed by atoms with Crippen molar-refractivity contribution < 1.29 is 4.74 Å². The minimum Gasteiger partial charge on any atom is -0.493 e. The molecule has 0 radical (unpaired) electrons. The first-order valence-corrected chi connectivity index (χ1v) is 10.9. The second-order valence-electron chi connectivity index (χ2n) is 6.87. The van der Waals surface area contributed by atoms with Crippen molar-refractivity contribution in [2.75, 3.05) is 19.7 Å². The van der Waals surface area contributed by atoms with Gasteiger partial charge in [0.25, 0.3) is 0 Å². The third-order valence-corrected chi connectivity index (χ3v) is 5.34. The van der Waals surface area contributed by atoms with Crippen molar-refractivity contribution in [1.82, 2.24) is 5.32 Å². The standard InChI is InChI=1S/C21H36INO/c1-4-6-14-23-15-9-7-8-11-18(3)17-24-20-13-12-19(10-5-2)21(22)16-20/h12-13,16,18,23H,4-11,14-15,17H2,1-3H3. The number of aryl methyl sites for hydroxylation is 1. The van der Waals surface area contributed by atoms with Gasteiger partial charge in [0.05, 0.1) is 6.61 Å². The maximum Gasteiger partial charge on any atom is 0.120 e. The molecule has 0 bridgehead atoms. The Morgan fingerprint density at radius 2 is 1.83 bits per heavy atom. The van der Waals surface area contributed by atoms with Crippen LogP contribution in [0.5, 0.6) is 5.75 Å². The third-order valence-electron chi connectivity index (χ3n) is 4.34. The largest absolute Gasteiger partial charge is 0.493 e. The smallest absolute Gasteiger partial charge is 0.120 e. The normalized spacial score (nSPS) is 12.3. The van der Waals surface area contributed by atoms with Crippen LogP contribution < -0.4 is 10.1 Å². The lowest BCUT2D eigenvalue weighted by Crippen LogP contribution is -2.16. The Hall–Kier alpha value is -0.290. The Bertz CT molecular complexity index is 436. The highest BCUT2D eigenvalue weighted by Gasteiger charge is 2.05. The van der Waals surface area contributed by atoms with E-state index in [2.05, 4.69) is 66.9 Å². The average molecular weight is 445 g/mol. The number of hydrogen-bond acceptors (Lipinski definition) is 2. The molecule has 0 spiro atoms. The molecule has 24 heavy (non-hydrogen) atoms. The van der Waals surface area contributed by atoms with E-state index in [4.69, 9.17) is 4.74 Å². The zero-order chi connectivity index (χ0) is 17.6. The molecule has 0 aliphatic heterocycles. The van der Waals surface area contributed by atoms with Crippen molar-refractivity contribution in [2.45, 2.75) is 72.1 Å². The molecule has 1 rings (SSSR count). The topological polar surface area (TPSA) is 21.3 Å². The highest BCUT2D eigenvalue weighted by atomic mass is 127. The van der Waals surface area contributed by atoms with Gasteiger partial charge in [-0.1, -0.05) is 52.5 Å². The molecule has 1 aromatic carbocycles. The zero-order valence-electron chi connectivity index (χ0n) is 15.9. The van der Waals surface area contributed by atoms with E-state index in [9.17, 15) is 0 Å². The van der Waals surface area contributed by atoms with E-state index >= 15 is 0 Å². The van der Waals surface area contributed by atoms with Gasteiger partial charge in [-0.15, -0.1) is 0 Å². The second kappa shape index (κ2) is 13.9. The molecule has 1 aromatic rings. The molecular weight excluding hydrogens is 409 g/mol. The van der Waals surface area contributed by atoms with Crippen LogP contribution in [-0.2, 0) is 6.42 Å². The lowest BCUT2D eigenvalue weighted by molar-refractivity contribution is 0.248. The first-order valence-electron chi connectivity index (χ1n) is 9.79. The van der Waals surface area contributed by atoms with Crippen molar-refractivity contribution in [2.24, 2.45) is 5.92 Å². The third kappa shape index (κ3) is 9.87. The van der Waals surface area contributed by atoms with Gasteiger partial charge in [0.1, 0.15) is 5.75 Å². The number of unbranched alkanes of at least 4 members (excludes halogenated alkanes) is 3. The number of nitrogens with one attached hydrogen (secondary N) is 1. The summed E-state index contributed by atoms with van der Waals surface area (Å²) in [4.78, 5) is 0. The minimum atomic E-state index is 0.631.